The number of nitrogens with zero attached hydrogens (tertiary/aromatic N) is 3. The Bertz CT molecular complexity index is 700. The normalized spacial score (nSPS) is 11.0. The minimum absolute atomic E-state index is 0.474. The molecule has 0 aromatic carbocycles. The molecule has 0 spiro atoms. The highest BCUT2D eigenvalue weighted by atomic mass is 15.0. The Morgan fingerprint density at radius 1 is 1.28 bits per heavy atom. The molecular formula is C14H14N4. The van der Waals surface area contributed by atoms with Crippen LogP contribution in [0.5, 0.6) is 0 Å². The van der Waals surface area contributed by atoms with Crippen molar-refractivity contribution in [2.75, 3.05) is 0 Å². The van der Waals surface area contributed by atoms with E-state index in [2.05, 4.69) is 33.4 Å². The van der Waals surface area contributed by atoms with Gasteiger partial charge in [0.2, 0.25) is 0 Å². The summed E-state index contributed by atoms with van der Waals surface area (Å²) in [7, 11) is 0. The number of rotatable bonds is 2. The number of hydrogen-bond acceptors (Lipinski definition) is 3. The van der Waals surface area contributed by atoms with Crippen LogP contribution < -0.4 is 5.73 Å². The van der Waals surface area contributed by atoms with Crippen molar-refractivity contribution in [2.45, 2.75) is 13.5 Å². The number of imidazole rings is 1. The Balaban J connectivity index is 2.26. The van der Waals surface area contributed by atoms with E-state index in [-0.39, 0.29) is 0 Å². The van der Waals surface area contributed by atoms with Crippen LogP contribution in [0.1, 0.15) is 11.1 Å². The smallest absolute Gasteiger partial charge is 0.137 e. The fourth-order valence-corrected chi connectivity index (χ4v) is 2.12. The highest BCUT2D eigenvalue weighted by Gasteiger charge is 2.09. The quantitative estimate of drug-likeness (QED) is 0.744. The second-order valence-electron chi connectivity index (χ2n) is 4.31. The van der Waals surface area contributed by atoms with Crippen LogP contribution in [-0.2, 0) is 6.54 Å². The molecule has 0 unspecified atom stereocenters. The number of hydrogen-bond donors (Lipinski definition) is 1. The van der Waals surface area contributed by atoms with Gasteiger partial charge in [-0.05, 0) is 36.2 Å². The van der Waals surface area contributed by atoms with E-state index in [4.69, 9.17) is 5.73 Å². The van der Waals surface area contributed by atoms with E-state index in [0.717, 1.165) is 22.5 Å². The molecule has 0 amide bonds. The summed E-state index contributed by atoms with van der Waals surface area (Å²) in [6.07, 6.45) is 7.50. The maximum atomic E-state index is 5.76. The molecule has 0 saturated carbocycles. The minimum atomic E-state index is 0.474. The molecule has 0 aliphatic carbocycles. The molecule has 0 fully saturated rings. The molecular weight excluding hydrogens is 224 g/mol. The average molecular weight is 238 g/mol. The second kappa shape index (κ2) is 4.23. The van der Waals surface area contributed by atoms with Crippen LogP contribution in [0.4, 0.5) is 0 Å². The van der Waals surface area contributed by atoms with Crippen molar-refractivity contribution in [1.29, 1.82) is 0 Å². The summed E-state index contributed by atoms with van der Waals surface area (Å²) in [4.78, 5) is 8.54. The lowest BCUT2D eigenvalue weighted by Crippen LogP contribution is -2.00. The summed E-state index contributed by atoms with van der Waals surface area (Å²) in [5.41, 5.74) is 11.1. The van der Waals surface area contributed by atoms with E-state index >= 15 is 0 Å². The van der Waals surface area contributed by atoms with Crippen LogP contribution in [-0.4, -0.2) is 14.4 Å². The van der Waals surface area contributed by atoms with Gasteiger partial charge in [0.15, 0.2) is 0 Å². The zero-order chi connectivity index (χ0) is 12.5. The number of aromatic nitrogens is 3. The molecule has 3 heterocycles. The topological polar surface area (TPSA) is 56.2 Å². The first-order valence-corrected chi connectivity index (χ1v) is 5.86. The first kappa shape index (κ1) is 10.9. The Labute approximate surface area is 105 Å². The maximum Gasteiger partial charge on any atom is 0.137 e. The van der Waals surface area contributed by atoms with Crippen molar-refractivity contribution in [1.82, 2.24) is 14.4 Å². The fourth-order valence-electron chi connectivity index (χ4n) is 2.12. The third-order valence-electron chi connectivity index (χ3n) is 3.07. The molecule has 0 atom stereocenters. The SMILES string of the molecule is Cc1ccn2c(-c3ccncc3CN)cnc2c1. The average Bonchev–Trinajstić information content (AvgIpc) is 2.81. The van der Waals surface area contributed by atoms with Gasteiger partial charge in [0, 0.05) is 30.7 Å². The lowest BCUT2D eigenvalue weighted by atomic mass is 10.1. The highest BCUT2D eigenvalue weighted by molar-refractivity contribution is 5.66. The molecule has 0 aliphatic heterocycles. The molecule has 3 aromatic heterocycles. The van der Waals surface area contributed by atoms with Crippen LogP contribution in [0.25, 0.3) is 16.9 Å². The Morgan fingerprint density at radius 2 is 2.17 bits per heavy atom. The van der Waals surface area contributed by atoms with Crippen LogP contribution in [0, 0.1) is 6.92 Å². The lowest BCUT2D eigenvalue weighted by molar-refractivity contribution is 1.04. The van der Waals surface area contributed by atoms with E-state index in [1.807, 2.05) is 24.7 Å². The van der Waals surface area contributed by atoms with Crippen LogP contribution in [0.3, 0.4) is 0 Å². The van der Waals surface area contributed by atoms with Crippen molar-refractivity contribution in [2.24, 2.45) is 5.73 Å². The third-order valence-corrected chi connectivity index (χ3v) is 3.07. The predicted octanol–water partition coefficient (Wildman–Crippen LogP) is 2.16. The van der Waals surface area contributed by atoms with Gasteiger partial charge >= 0.3 is 0 Å². The maximum absolute atomic E-state index is 5.76. The van der Waals surface area contributed by atoms with Crippen LogP contribution in [0.2, 0.25) is 0 Å². The molecule has 4 heteroatoms. The molecule has 0 aliphatic rings. The number of nitrogens with two attached hydrogens (primary N) is 1. The van der Waals surface area contributed by atoms with Crippen molar-refractivity contribution < 1.29 is 0 Å². The standard InChI is InChI=1S/C14H14N4/c1-10-3-5-18-13(9-17-14(18)6-10)12-2-4-16-8-11(12)7-15/h2-6,8-9H,7,15H2,1H3. The van der Waals surface area contributed by atoms with Crippen LogP contribution in [0.15, 0.2) is 43.0 Å². The van der Waals surface area contributed by atoms with Gasteiger partial charge in [0.1, 0.15) is 5.65 Å². The summed E-state index contributed by atoms with van der Waals surface area (Å²) >= 11 is 0. The van der Waals surface area contributed by atoms with E-state index in [1.165, 1.54) is 5.56 Å². The molecule has 4 nitrogen and oxygen atoms in total. The van der Waals surface area contributed by atoms with Gasteiger partial charge in [-0.1, -0.05) is 0 Å². The summed E-state index contributed by atoms with van der Waals surface area (Å²) in [6, 6.07) is 6.11. The lowest BCUT2D eigenvalue weighted by Gasteiger charge is -2.06. The van der Waals surface area contributed by atoms with Gasteiger partial charge in [-0.2, -0.15) is 0 Å². The summed E-state index contributed by atoms with van der Waals surface area (Å²) in [5, 5.41) is 0. The molecule has 90 valence electrons. The zero-order valence-corrected chi connectivity index (χ0v) is 10.2. The highest BCUT2D eigenvalue weighted by Crippen LogP contribution is 2.24. The molecule has 0 bridgehead atoms. The number of fused-ring (bicyclic) bond motifs is 1. The molecule has 0 saturated heterocycles. The first-order valence-electron chi connectivity index (χ1n) is 5.86. The van der Waals surface area contributed by atoms with Gasteiger partial charge in [-0.3, -0.25) is 9.38 Å². The first-order chi connectivity index (χ1) is 8.79. The molecule has 3 aromatic rings. The van der Waals surface area contributed by atoms with Gasteiger partial charge in [0.25, 0.3) is 0 Å². The van der Waals surface area contributed by atoms with Gasteiger partial charge in [-0.15, -0.1) is 0 Å². The van der Waals surface area contributed by atoms with Crippen molar-refractivity contribution in [3.8, 4) is 11.3 Å². The van der Waals surface area contributed by atoms with Crippen molar-refractivity contribution in [3.05, 3.63) is 54.1 Å². The monoisotopic (exact) mass is 238 g/mol. The number of aryl methyl sites for hydroxylation is 1. The molecule has 3 rings (SSSR count). The number of pyridine rings is 2. The van der Waals surface area contributed by atoms with Crippen LogP contribution >= 0.6 is 0 Å². The van der Waals surface area contributed by atoms with Crippen molar-refractivity contribution in [3.63, 3.8) is 0 Å². The molecule has 0 radical (unpaired) electrons. The second-order valence-corrected chi connectivity index (χ2v) is 4.31. The van der Waals surface area contributed by atoms with Gasteiger partial charge in [-0.25, -0.2) is 4.98 Å². The predicted molar refractivity (Wildman–Crippen MR) is 71.1 cm³/mol. The summed E-state index contributed by atoms with van der Waals surface area (Å²) < 4.78 is 2.07. The van der Waals surface area contributed by atoms with Crippen molar-refractivity contribution >= 4 is 5.65 Å². The molecule has 2 N–H and O–H groups in total. The Hall–Kier alpha value is -2.20. The van der Waals surface area contributed by atoms with E-state index < -0.39 is 0 Å². The Kier molecular flexibility index (Phi) is 2.57. The van der Waals surface area contributed by atoms with Gasteiger partial charge < -0.3 is 5.73 Å². The van der Waals surface area contributed by atoms with E-state index in [0.29, 0.717) is 6.54 Å². The zero-order valence-electron chi connectivity index (χ0n) is 10.2. The van der Waals surface area contributed by atoms with E-state index in [1.54, 1.807) is 6.20 Å². The summed E-state index contributed by atoms with van der Waals surface area (Å²) in [6.45, 7) is 2.54. The third kappa shape index (κ3) is 1.67. The fraction of sp³-hybridized carbons (Fsp3) is 0.143. The summed E-state index contributed by atoms with van der Waals surface area (Å²) in [5.74, 6) is 0. The largest absolute Gasteiger partial charge is 0.326 e. The minimum Gasteiger partial charge on any atom is -0.326 e. The van der Waals surface area contributed by atoms with Gasteiger partial charge in [0.05, 0.1) is 11.9 Å². The van der Waals surface area contributed by atoms with E-state index in [9.17, 15) is 0 Å². The Morgan fingerprint density at radius 3 is 3.00 bits per heavy atom. The molecule has 18 heavy (non-hydrogen) atoms.